The third-order valence-corrected chi connectivity index (χ3v) is 4.56. The molecule has 0 aliphatic heterocycles. The van der Waals surface area contributed by atoms with E-state index in [4.69, 9.17) is 4.74 Å². The lowest BCUT2D eigenvalue weighted by molar-refractivity contribution is -0.0606. The van der Waals surface area contributed by atoms with Crippen molar-refractivity contribution in [2.24, 2.45) is 5.92 Å². The van der Waals surface area contributed by atoms with Crippen LogP contribution in [0.25, 0.3) is 0 Å². The van der Waals surface area contributed by atoms with Crippen LogP contribution in [-0.2, 0) is 4.74 Å². The molecule has 0 saturated carbocycles. The Morgan fingerprint density at radius 1 is 0.857 bits per heavy atom. The Bertz CT molecular complexity index is 226. The zero-order valence-corrected chi connectivity index (χ0v) is 15.7. The minimum atomic E-state index is 0.0322. The van der Waals surface area contributed by atoms with Crippen LogP contribution in [0.5, 0.6) is 0 Å². The van der Waals surface area contributed by atoms with Gasteiger partial charge in [0, 0.05) is 6.61 Å². The second-order valence-corrected chi connectivity index (χ2v) is 7.24. The maximum atomic E-state index is 6.03. The van der Waals surface area contributed by atoms with Gasteiger partial charge in [0.25, 0.3) is 0 Å². The van der Waals surface area contributed by atoms with Gasteiger partial charge in [-0.15, -0.1) is 0 Å². The summed E-state index contributed by atoms with van der Waals surface area (Å²) in [5.74, 6) is 0.698. The molecule has 1 atom stereocenters. The molecule has 2 nitrogen and oxygen atoms in total. The molecule has 0 bridgehead atoms. The van der Waals surface area contributed by atoms with Crippen LogP contribution in [0.15, 0.2) is 0 Å². The molecule has 128 valence electrons. The summed E-state index contributed by atoms with van der Waals surface area (Å²) < 4.78 is 6.03. The summed E-state index contributed by atoms with van der Waals surface area (Å²) in [4.78, 5) is 2.29. The van der Waals surface area contributed by atoms with Crippen LogP contribution < -0.4 is 0 Å². The molecule has 0 N–H and O–H groups in total. The van der Waals surface area contributed by atoms with Crippen LogP contribution in [0.4, 0.5) is 0 Å². The van der Waals surface area contributed by atoms with Gasteiger partial charge in [0.15, 0.2) is 0 Å². The van der Waals surface area contributed by atoms with Crippen LogP contribution in [0.2, 0.25) is 0 Å². The Hall–Kier alpha value is -0.0800. The van der Waals surface area contributed by atoms with Crippen LogP contribution in [0, 0.1) is 5.92 Å². The fraction of sp³-hybridized carbons (Fsp3) is 1.00. The zero-order chi connectivity index (χ0) is 16.1. The molecule has 0 fully saturated rings. The molecule has 0 aromatic carbocycles. The SMILES string of the molecule is CCCCCCCCC(CCCN(C)C)C(C)(C)OCC. The molecule has 0 aliphatic rings. The summed E-state index contributed by atoms with van der Waals surface area (Å²) in [5, 5.41) is 0. The monoisotopic (exact) mass is 299 g/mol. The summed E-state index contributed by atoms with van der Waals surface area (Å²) in [6, 6.07) is 0. The van der Waals surface area contributed by atoms with Gasteiger partial charge in [0.1, 0.15) is 0 Å². The largest absolute Gasteiger partial charge is 0.376 e. The van der Waals surface area contributed by atoms with Crippen molar-refractivity contribution in [3.8, 4) is 0 Å². The van der Waals surface area contributed by atoms with E-state index in [-0.39, 0.29) is 5.60 Å². The predicted molar refractivity (Wildman–Crippen MR) is 95.0 cm³/mol. The van der Waals surface area contributed by atoms with E-state index in [9.17, 15) is 0 Å². The molecular formula is C19H41NO. The van der Waals surface area contributed by atoms with E-state index in [2.05, 4.69) is 46.7 Å². The lowest BCUT2D eigenvalue weighted by Gasteiger charge is -2.35. The molecule has 0 aromatic rings. The van der Waals surface area contributed by atoms with Gasteiger partial charge < -0.3 is 9.64 Å². The molecule has 0 aromatic heterocycles. The molecule has 21 heavy (non-hydrogen) atoms. The summed E-state index contributed by atoms with van der Waals surface area (Å²) in [6.07, 6.45) is 12.2. The first-order chi connectivity index (χ1) is 9.94. The number of hydrogen-bond donors (Lipinski definition) is 0. The van der Waals surface area contributed by atoms with Gasteiger partial charge in [-0.3, -0.25) is 0 Å². The number of hydrogen-bond acceptors (Lipinski definition) is 2. The number of rotatable bonds is 14. The van der Waals surface area contributed by atoms with Gasteiger partial charge in [0.2, 0.25) is 0 Å². The second-order valence-electron chi connectivity index (χ2n) is 7.24. The maximum absolute atomic E-state index is 6.03. The van der Waals surface area contributed by atoms with E-state index in [0.29, 0.717) is 5.92 Å². The van der Waals surface area contributed by atoms with Crippen molar-refractivity contribution in [1.82, 2.24) is 4.90 Å². The summed E-state index contributed by atoms with van der Waals surface area (Å²) in [6.45, 7) is 11.0. The topological polar surface area (TPSA) is 12.5 Å². The molecular weight excluding hydrogens is 258 g/mol. The first kappa shape index (κ1) is 20.9. The van der Waals surface area contributed by atoms with Gasteiger partial charge in [-0.25, -0.2) is 0 Å². The fourth-order valence-corrected chi connectivity index (χ4v) is 3.15. The molecule has 0 saturated heterocycles. The van der Waals surface area contributed by atoms with Gasteiger partial charge >= 0.3 is 0 Å². The minimum absolute atomic E-state index is 0.0322. The van der Waals surface area contributed by atoms with Crippen molar-refractivity contribution in [3.05, 3.63) is 0 Å². The van der Waals surface area contributed by atoms with E-state index in [1.54, 1.807) is 0 Å². The van der Waals surface area contributed by atoms with E-state index in [0.717, 1.165) is 6.61 Å². The van der Waals surface area contributed by atoms with Crippen molar-refractivity contribution < 1.29 is 4.74 Å². The van der Waals surface area contributed by atoms with Gasteiger partial charge in [-0.2, -0.15) is 0 Å². The smallest absolute Gasteiger partial charge is 0.0654 e. The van der Waals surface area contributed by atoms with Crippen LogP contribution in [0.3, 0.4) is 0 Å². The van der Waals surface area contributed by atoms with Gasteiger partial charge in [-0.1, -0.05) is 45.4 Å². The highest BCUT2D eigenvalue weighted by Gasteiger charge is 2.29. The molecule has 0 amide bonds. The van der Waals surface area contributed by atoms with Crippen molar-refractivity contribution in [2.45, 2.75) is 91.1 Å². The third kappa shape index (κ3) is 11.2. The lowest BCUT2D eigenvalue weighted by Crippen LogP contribution is -2.35. The summed E-state index contributed by atoms with van der Waals surface area (Å²) in [7, 11) is 4.33. The number of nitrogens with zero attached hydrogens (tertiary/aromatic N) is 1. The Kier molecular flexibility index (Phi) is 12.4. The molecule has 0 heterocycles. The molecule has 0 spiro atoms. The molecule has 0 aliphatic carbocycles. The average Bonchev–Trinajstić information content (AvgIpc) is 2.40. The van der Waals surface area contributed by atoms with Gasteiger partial charge in [-0.05, 0) is 66.6 Å². The van der Waals surface area contributed by atoms with E-state index >= 15 is 0 Å². The number of ether oxygens (including phenoxy) is 1. The highest BCUT2D eigenvalue weighted by atomic mass is 16.5. The summed E-state index contributed by atoms with van der Waals surface area (Å²) >= 11 is 0. The van der Waals surface area contributed by atoms with Crippen molar-refractivity contribution in [3.63, 3.8) is 0 Å². The highest BCUT2D eigenvalue weighted by Crippen LogP contribution is 2.30. The average molecular weight is 300 g/mol. The van der Waals surface area contributed by atoms with E-state index < -0.39 is 0 Å². The first-order valence-corrected chi connectivity index (χ1v) is 9.22. The summed E-state index contributed by atoms with van der Waals surface area (Å²) in [5.41, 5.74) is 0.0322. The van der Waals surface area contributed by atoms with E-state index in [1.807, 2.05) is 0 Å². The minimum Gasteiger partial charge on any atom is -0.376 e. The fourth-order valence-electron chi connectivity index (χ4n) is 3.15. The normalized spacial score (nSPS) is 13.9. The predicted octanol–water partition coefficient (Wildman–Crippen LogP) is 5.51. The highest BCUT2D eigenvalue weighted by molar-refractivity contribution is 4.80. The van der Waals surface area contributed by atoms with Crippen LogP contribution >= 0.6 is 0 Å². The Balaban J connectivity index is 4.12. The molecule has 0 rings (SSSR count). The van der Waals surface area contributed by atoms with E-state index in [1.165, 1.54) is 64.3 Å². The Morgan fingerprint density at radius 3 is 2.00 bits per heavy atom. The quantitative estimate of drug-likeness (QED) is 0.392. The Labute approximate surface area is 134 Å². The van der Waals surface area contributed by atoms with Crippen molar-refractivity contribution >= 4 is 0 Å². The number of unbranched alkanes of at least 4 members (excludes halogenated alkanes) is 5. The molecule has 1 unspecified atom stereocenters. The first-order valence-electron chi connectivity index (χ1n) is 9.22. The molecule has 2 heteroatoms. The zero-order valence-electron chi connectivity index (χ0n) is 15.7. The second kappa shape index (κ2) is 12.5. The lowest BCUT2D eigenvalue weighted by atomic mass is 9.82. The van der Waals surface area contributed by atoms with Crippen LogP contribution in [0.1, 0.15) is 85.5 Å². The maximum Gasteiger partial charge on any atom is 0.0654 e. The third-order valence-electron chi connectivity index (χ3n) is 4.56. The standard InChI is InChI=1S/C19H41NO/c1-7-9-10-11-12-13-15-18(16-14-17-20(5)6)19(3,4)21-8-2/h18H,7-17H2,1-6H3. The van der Waals surface area contributed by atoms with Crippen LogP contribution in [-0.4, -0.2) is 37.7 Å². The van der Waals surface area contributed by atoms with Crippen molar-refractivity contribution in [2.75, 3.05) is 27.2 Å². The van der Waals surface area contributed by atoms with Crippen molar-refractivity contribution in [1.29, 1.82) is 0 Å². The van der Waals surface area contributed by atoms with Gasteiger partial charge in [0.05, 0.1) is 5.60 Å². The Morgan fingerprint density at radius 2 is 1.43 bits per heavy atom. The molecule has 0 radical (unpaired) electrons.